The molecule has 2 aromatic rings. The van der Waals surface area contributed by atoms with E-state index in [-0.39, 0.29) is 0 Å². The number of aryl methyl sites for hydroxylation is 2. The number of nitrogens with zero attached hydrogens (tertiary/aromatic N) is 4. The molecule has 0 radical (unpaired) electrons. The van der Waals surface area contributed by atoms with Gasteiger partial charge in [-0.1, -0.05) is 6.92 Å². The van der Waals surface area contributed by atoms with E-state index in [9.17, 15) is 0 Å². The molecule has 100 valence electrons. The lowest BCUT2D eigenvalue weighted by molar-refractivity contribution is 0.464. The summed E-state index contributed by atoms with van der Waals surface area (Å²) >= 11 is 0. The van der Waals surface area contributed by atoms with Gasteiger partial charge in [0.2, 0.25) is 0 Å². The van der Waals surface area contributed by atoms with E-state index in [1.807, 2.05) is 25.5 Å². The van der Waals surface area contributed by atoms with Crippen LogP contribution in [0.4, 0.5) is 0 Å². The predicted molar refractivity (Wildman–Crippen MR) is 73.6 cm³/mol. The van der Waals surface area contributed by atoms with Crippen LogP contribution in [-0.4, -0.2) is 26.3 Å². The van der Waals surface area contributed by atoms with E-state index in [1.54, 1.807) is 4.68 Å². The van der Waals surface area contributed by atoms with Crippen molar-refractivity contribution in [2.24, 2.45) is 7.05 Å². The Bertz CT molecular complexity index is 575. The normalized spacial score (nSPS) is 18.3. The number of nitrogens with one attached hydrogen (secondary N) is 1. The van der Waals surface area contributed by atoms with Gasteiger partial charge in [0, 0.05) is 36.7 Å². The molecule has 5 heteroatoms. The van der Waals surface area contributed by atoms with Crippen LogP contribution in [0.1, 0.15) is 37.1 Å². The summed E-state index contributed by atoms with van der Waals surface area (Å²) in [7, 11) is 1.91. The van der Waals surface area contributed by atoms with Crippen molar-refractivity contribution >= 4 is 0 Å². The topological polar surface area (TPSA) is 55.6 Å². The highest BCUT2D eigenvalue weighted by atomic mass is 15.3. The maximum Gasteiger partial charge on any atom is 0.180 e. The molecule has 19 heavy (non-hydrogen) atoms. The van der Waals surface area contributed by atoms with Crippen molar-refractivity contribution in [2.45, 2.75) is 32.2 Å². The van der Waals surface area contributed by atoms with Crippen LogP contribution in [0.15, 0.2) is 18.5 Å². The first-order chi connectivity index (χ1) is 9.28. The molecule has 2 heterocycles. The van der Waals surface area contributed by atoms with Crippen LogP contribution < -0.4 is 5.32 Å². The number of hydrogen-bond acceptors (Lipinski definition) is 4. The predicted octanol–water partition coefficient (Wildman–Crippen LogP) is 1.86. The summed E-state index contributed by atoms with van der Waals surface area (Å²) in [5.74, 6) is 0.733. The summed E-state index contributed by atoms with van der Waals surface area (Å²) in [6.07, 6.45) is 7.29. The molecule has 0 saturated heterocycles. The van der Waals surface area contributed by atoms with Crippen molar-refractivity contribution in [3.63, 3.8) is 0 Å². The van der Waals surface area contributed by atoms with Crippen LogP contribution in [0.25, 0.3) is 11.5 Å². The van der Waals surface area contributed by atoms with Crippen LogP contribution >= 0.6 is 0 Å². The van der Waals surface area contributed by atoms with Gasteiger partial charge < -0.3 is 5.32 Å². The molecule has 0 spiro atoms. The van der Waals surface area contributed by atoms with Gasteiger partial charge in [-0.15, -0.1) is 0 Å². The van der Waals surface area contributed by atoms with Gasteiger partial charge in [0.1, 0.15) is 5.69 Å². The first-order valence-electron chi connectivity index (χ1n) is 6.87. The molecule has 1 N–H and O–H groups in total. The van der Waals surface area contributed by atoms with E-state index in [4.69, 9.17) is 4.98 Å². The minimum atomic E-state index is 0.409. The lowest BCUT2D eigenvalue weighted by Crippen LogP contribution is -2.25. The highest BCUT2D eigenvalue weighted by Crippen LogP contribution is 2.29. The van der Waals surface area contributed by atoms with Crippen LogP contribution in [0, 0.1) is 0 Å². The molecule has 1 aliphatic carbocycles. The van der Waals surface area contributed by atoms with E-state index in [0.29, 0.717) is 6.04 Å². The summed E-state index contributed by atoms with van der Waals surface area (Å²) in [5.41, 5.74) is 3.27. The van der Waals surface area contributed by atoms with E-state index in [1.165, 1.54) is 24.1 Å². The van der Waals surface area contributed by atoms with E-state index < -0.39 is 0 Å². The third kappa shape index (κ3) is 2.38. The number of aromatic nitrogens is 4. The second-order valence-electron chi connectivity index (χ2n) is 4.97. The Morgan fingerprint density at radius 1 is 1.47 bits per heavy atom. The lowest BCUT2D eigenvalue weighted by atomic mass is 9.92. The van der Waals surface area contributed by atoms with Gasteiger partial charge >= 0.3 is 0 Å². The minimum absolute atomic E-state index is 0.409. The quantitative estimate of drug-likeness (QED) is 0.912. The van der Waals surface area contributed by atoms with Gasteiger partial charge in [0.15, 0.2) is 5.82 Å². The third-order valence-electron chi connectivity index (χ3n) is 3.58. The maximum absolute atomic E-state index is 4.70. The van der Waals surface area contributed by atoms with Gasteiger partial charge in [-0.25, -0.2) is 9.97 Å². The molecular weight excluding hydrogens is 238 g/mol. The monoisotopic (exact) mass is 257 g/mol. The molecule has 0 aromatic carbocycles. The van der Waals surface area contributed by atoms with E-state index in [2.05, 4.69) is 22.3 Å². The molecule has 0 saturated carbocycles. The molecule has 0 amide bonds. The zero-order chi connectivity index (χ0) is 13.2. The Morgan fingerprint density at radius 2 is 2.37 bits per heavy atom. The number of hydrogen-bond donors (Lipinski definition) is 1. The van der Waals surface area contributed by atoms with Crippen LogP contribution in [0.3, 0.4) is 0 Å². The zero-order valence-electron chi connectivity index (χ0n) is 11.4. The summed E-state index contributed by atoms with van der Waals surface area (Å²) in [5, 5.41) is 7.87. The van der Waals surface area contributed by atoms with Crippen molar-refractivity contribution in [1.82, 2.24) is 25.1 Å². The summed E-state index contributed by atoms with van der Waals surface area (Å²) in [6, 6.07) is 2.36. The van der Waals surface area contributed by atoms with Crippen LogP contribution in [0.5, 0.6) is 0 Å². The maximum atomic E-state index is 4.70. The Morgan fingerprint density at radius 3 is 3.11 bits per heavy atom. The molecule has 0 aliphatic heterocycles. The fraction of sp³-hybridized carbons (Fsp3) is 0.500. The molecule has 1 unspecified atom stereocenters. The highest BCUT2D eigenvalue weighted by molar-refractivity contribution is 5.48. The van der Waals surface area contributed by atoms with Crippen LogP contribution in [0.2, 0.25) is 0 Å². The summed E-state index contributed by atoms with van der Waals surface area (Å²) < 4.78 is 1.78. The van der Waals surface area contributed by atoms with E-state index in [0.717, 1.165) is 24.5 Å². The zero-order valence-corrected chi connectivity index (χ0v) is 11.4. The summed E-state index contributed by atoms with van der Waals surface area (Å²) in [4.78, 5) is 9.18. The van der Waals surface area contributed by atoms with Gasteiger partial charge in [0.25, 0.3) is 0 Å². The van der Waals surface area contributed by atoms with Crippen molar-refractivity contribution in [1.29, 1.82) is 0 Å². The van der Waals surface area contributed by atoms with Gasteiger partial charge in [-0.05, 0) is 31.9 Å². The second-order valence-corrected chi connectivity index (χ2v) is 4.97. The van der Waals surface area contributed by atoms with Crippen molar-refractivity contribution < 1.29 is 0 Å². The smallest absolute Gasteiger partial charge is 0.180 e. The van der Waals surface area contributed by atoms with Crippen molar-refractivity contribution in [3.8, 4) is 11.5 Å². The Hall–Kier alpha value is -1.75. The molecule has 1 atom stereocenters. The minimum Gasteiger partial charge on any atom is -0.310 e. The molecule has 0 bridgehead atoms. The first-order valence-corrected chi connectivity index (χ1v) is 6.87. The average Bonchev–Trinajstić information content (AvgIpc) is 2.86. The first kappa shape index (κ1) is 12.3. The standard InChI is InChI=1S/C14H19N5/c1-3-15-11-5-4-6-12-10(11)9-16-14(17-12)13-7-8-19(2)18-13/h7-9,11,15H,3-6H2,1-2H3. The fourth-order valence-corrected chi connectivity index (χ4v) is 2.66. The molecular formula is C14H19N5. The highest BCUT2D eigenvalue weighted by Gasteiger charge is 2.21. The molecule has 0 fully saturated rings. The molecule has 2 aromatic heterocycles. The number of rotatable bonds is 3. The Labute approximate surface area is 113 Å². The molecule has 1 aliphatic rings. The third-order valence-corrected chi connectivity index (χ3v) is 3.58. The Balaban J connectivity index is 1.95. The Kier molecular flexibility index (Phi) is 3.29. The lowest BCUT2D eigenvalue weighted by Gasteiger charge is -2.25. The van der Waals surface area contributed by atoms with Gasteiger partial charge in [-0.3, -0.25) is 4.68 Å². The van der Waals surface area contributed by atoms with E-state index >= 15 is 0 Å². The van der Waals surface area contributed by atoms with Crippen molar-refractivity contribution in [3.05, 3.63) is 29.7 Å². The molecule has 5 nitrogen and oxygen atoms in total. The SMILES string of the molecule is CCNC1CCCc2nc(-c3ccn(C)n3)ncc21. The summed E-state index contributed by atoms with van der Waals surface area (Å²) in [6.45, 7) is 3.11. The molecule has 3 rings (SSSR count). The largest absolute Gasteiger partial charge is 0.310 e. The fourth-order valence-electron chi connectivity index (χ4n) is 2.66. The van der Waals surface area contributed by atoms with Crippen LogP contribution in [-0.2, 0) is 13.5 Å². The van der Waals surface area contributed by atoms with Crippen molar-refractivity contribution in [2.75, 3.05) is 6.54 Å². The van der Waals surface area contributed by atoms with Gasteiger partial charge in [0.05, 0.1) is 0 Å². The van der Waals surface area contributed by atoms with Gasteiger partial charge in [-0.2, -0.15) is 5.10 Å². The second kappa shape index (κ2) is 5.09. The number of fused-ring (bicyclic) bond motifs is 1. The average molecular weight is 257 g/mol.